The van der Waals surface area contributed by atoms with E-state index in [1.807, 2.05) is 5.01 Å². The summed E-state index contributed by atoms with van der Waals surface area (Å²) in [5, 5.41) is 19.4. The number of fused-ring (bicyclic) bond motifs is 1. The minimum atomic E-state index is -1.07. The molecule has 158 valence electrons. The van der Waals surface area contributed by atoms with Gasteiger partial charge in [-0.05, 0) is 51.0 Å². The molecule has 3 heterocycles. The Labute approximate surface area is 172 Å². The van der Waals surface area contributed by atoms with Crippen LogP contribution in [0.4, 0.5) is 8.78 Å². The molecule has 2 aromatic heterocycles. The van der Waals surface area contributed by atoms with Crippen molar-refractivity contribution >= 4 is 16.9 Å². The highest BCUT2D eigenvalue weighted by atomic mass is 19.1. The smallest absolute Gasteiger partial charge is 0.252 e. The molecule has 0 radical (unpaired) electrons. The third-order valence-corrected chi connectivity index (χ3v) is 4.98. The third kappa shape index (κ3) is 3.97. The summed E-state index contributed by atoms with van der Waals surface area (Å²) in [4.78, 5) is 18.6. The van der Waals surface area contributed by atoms with E-state index >= 15 is 0 Å². The Hall–Kier alpha value is -3.07. The fourth-order valence-electron chi connectivity index (χ4n) is 3.47. The molecule has 9 heteroatoms. The van der Waals surface area contributed by atoms with Gasteiger partial charge in [0.2, 0.25) is 0 Å². The zero-order valence-corrected chi connectivity index (χ0v) is 16.8. The quantitative estimate of drug-likeness (QED) is 0.669. The molecule has 0 bridgehead atoms. The first-order valence-electron chi connectivity index (χ1n) is 9.83. The Morgan fingerprint density at radius 3 is 2.67 bits per heavy atom. The predicted octanol–water partition coefficient (Wildman–Crippen LogP) is 2.61. The molecule has 2 N–H and O–H groups in total. The monoisotopic (exact) mass is 415 g/mol. The van der Waals surface area contributed by atoms with Gasteiger partial charge in [0.05, 0.1) is 16.6 Å². The summed E-state index contributed by atoms with van der Waals surface area (Å²) >= 11 is 0. The Kier molecular flexibility index (Phi) is 5.15. The molecule has 1 saturated heterocycles. The molecule has 30 heavy (non-hydrogen) atoms. The van der Waals surface area contributed by atoms with Crippen LogP contribution in [-0.2, 0) is 0 Å². The largest absolute Gasteiger partial charge is 0.389 e. The molecule has 0 unspecified atom stereocenters. The maximum Gasteiger partial charge on any atom is 0.252 e. The van der Waals surface area contributed by atoms with Crippen LogP contribution in [0.5, 0.6) is 0 Å². The first-order chi connectivity index (χ1) is 14.2. The van der Waals surface area contributed by atoms with Gasteiger partial charge >= 0.3 is 0 Å². The van der Waals surface area contributed by atoms with E-state index in [4.69, 9.17) is 0 Å². The molecule has 0 atom stereocenters. The summed E-state index contributed by atoms with van der Waals surface area (Å²) in [5.41, 5.74) is -0.128. The zero-order chi connectivity index (χ0) is 21.5. The van der Waals surface area contributed by atoms with Crippen LogP contribution in [0.25, 0.3) is 22.3 Å². The van der Waals surface area contributed by atoms with Crippen molar-refractivity contribution in [3.05, 3.63) is 47.7 Å². The van der Waals surface area contributed by atoms with Crippen molar-refractivity contribution in [2.75, 3.05) is 24.6 Å². The summed E-state index contributed by atoms with van der Waals surface area (Å²) in [6.07, 6.45) is 3.42. The highest BCUT2D eigenvalue weighted by Gasteiger charge is 2.24. The van der Waals surface area contributed by atoms with E-state index in [2.05, 4.69) is 15.4 Å². The zero-order valence-electron chi connectivity index (χ0n) is 16.8. The van der Waals surface area contributed by atoms with Crippen LogP contribution in [0.3, 0.4) is 0 Å². The van der Waals surface area contributed by atoms with Crippen LogP contribution in [-0.4, -0.2) is 51.1 Å². The topological polar surface area (TPSA) is 83.3 Å². The molecule has 1 aliphatic heterocycles. The number of aromatic nitrogens is 3. The molecule has 0 saturated carbocycles. The van der Waals surface area contributed by atoms with Crippen LogP contribution < -0.4 is 10.3 Å². The average Bonchev–Trinajstić information content (AvgIpc) is 3.34. The van der Waals surface area contributed by atoms with Gasteiger partial charge in [-0.3, -0.25) is 9.80 Å². The lowest BCUT2D eigenvalue weighted by atomic mass is 10.1. The fourth-order valence-corrected chi connectivity index (χ4v) is 3.47. The number of carbonyl (C=O) groups is 1. The minimum absolute atomic E-state index is 0.00815. The molecule has 7 nitrogen and oxygen atoms in total. The number of nitrogens with one attached hydrogen (secondary N) is 1. The number of benzene rings is 1. The SMILES string of the molecule is CC(C)(O)CNC(=O)c1cnc2c(c1)c(-c1cc(F)ccc1F)nn2N1CCCC1. The number of amides is 1. The molecular formula is C21H23F2N5O2. The molecule has 0 aliphatic carbocycles. The lowest BCUT2D eigenvalue weighted by Crippen LogP contribution is -2.38. The van der Waals surface area contributed by atoms with Gasteiger partial charge in [-0.2, -0.15) is 4.79 Å². The van der Waals surface area contributed by atoms with Crippen LogP contribution in [0.15, 0.2) is 30.5 Å². The number of carbonyl (C=O) groups excluding carboxylic acids is 1. The van der Waals surface area contributed by atoms with E-state index in [1.165, 1.54) is 6.20 Å². The molecule has 1 aliphatic rings. The molecule has 3 aromatic rings. The average molecular weight is 415 g/mol. The van der Waals surface area contributed by atoms with E-state index in [0.717, 1.165) is 44.1 Å². The third-order valence-electron chi connectivity index (χ3n) is 4.98. The minimum Gasteiger partial charge on any atom is -0.389 e. The second-order valence-corrected chi connectivity index (χ2v) is 8.11. The molecule has 4 rings (SSSR count). The lowest BCUT2D eigenvalue weighted by Gasteiger charge is -2.18. The Bertz CT molecular complexity index is 1100. The second-order valence-electron chi connectivity index (χ2n) is 8.11. The van der Waals surface area contributed by atoms with Crippen LogP contribution in [0.2, 0.25) is 0 Å². The van der Waals surface area contributed by atoms with Crippen LogP contribution >= 0.6 is 0 Å². The first-order valence-corrected chi connectivity index (χ1v) is 9.83. The first kappa shape index (κ1) is 20.2. The molecule has 1 aromatic carbocycles. The number of hydrogen-bond acceptors (Lipinski definition) is 5. The van der Waals surface area contributed by atoms with Crippen LogP contribution in [0.1, 0.15) is 37.0 Å². The maximum absolute atomic E-state index is 14.5. The maximum atomic E-state index is 14.5. The summed E-state index contributed by atoms with van der Waals surface area (Å²) in [6, 6.07) is 4.76. The highest BCUT2D eigenvalue weighted by molar-refractivity contribution is 6.00. The summed E-state index contributed by atoms with van der Waals surface area (Å²) < 4.78 is 28.4. The van der Waals surface area contributed by atoms with Crippen molar-refractivity contribution < 1.29 is 18.7 Å². The molecular weight excluding hydrogens is 392 g/mol. The van der Waals surface area contributed by atoms with Gasteiger partial charge in [-0.25, -0.2) is 13.8 Å². The van der Waals surface area contributed by atoms with Gasteiger partial charge in [-0.15, -0.1) is 5.10 Å². The van der Waals surface area contributed by atoms with Crippen molar-refractivity contribution in [3.63, 3.8) is 0 Å². The Morgan fingerprint density at radius 1 is 1.23 bits per heavy atom. The number of halogens is 2. The lowest BCUT2D eigenvalue weighted by molar-refractivity contribution is 0.0694. The second kappa shape index (κ2) is 7.64. The summed E-state index contributed by atoms with van der Waals surface area (Å²) in [5.74, 6) is -1.62. The van der Waals surface area contributed by atoms with E-state index in [-0.39, 0.29) is 23.4 Å². The van der Waals surface area contributed by atoms with E-state index in [9.17, 15) is 18.7 Å². The standard InChI is InChI=1S/C21H23F2N5O2/c1-21(2,30)12-25-20(29)13-9-16-18(15-10-14(22)5-6-17(15)23)26-28(19(16)24-11-13)27-7-3-4-8-27/h5-6,9-11,30H,3-4,7-8,12H2,1-2H3,(H,25,29). The van der Waals surface area contributed by atoms with E-state index in [1.54, 1.807) is 24.7 Å². The van der Waals surface area contributed by atoms with Crippen molar-refractivity contribution in [2.24, 2.45) is 0 Å². The molecule has 0 spiro atoms. The molecule has 1 fully saturated rings. The van der Waals surface area contributed by atoms with Gasteiger partial charge in [-0.1, -0.05) is 0 Å². The van der Waals surface area contributed by atoms with Gasteiger partial charge in [0, 0.05) is 31.4 Å². The number of hydrogen-bond donors (Lipinski definition) is 2. The fraction of sp³-hybridized carbons (Fsp3) is 0.381. The number of aliphatic hydroxyl groups is 1. The van der Waals surface area contributed by atoms with Gasteiger partial charge in [0.15, 0.2) is 5.65 Å². The van der Waals surface area contributed by atoms with Crippen molar-refractivity contribution in [2.45, 2.75) is 32.3 Å². The summed E-state index contributed by atoms with van der Waals surface area (Å²) in [7, 11) is 0. The van der Waals surface area contributed by atoms with Crippen molar-refractivity contribution in [1.29, 1.82) is 0 Å². The van der Waals surface area contributed by atoms with E-state index < -0.39 is 23.1 Å². The summed E-state index contributed by atoms with van der Waals surface area (Å²) in [6.45, 7) is 4.77. The van der Waals surface area contributed by atoms with Gasteiger partial charge < -0.3 is 10.4 Å². The number of rotatable bonds is 5. The van der Waals surface area contributed by atoms with Crippen molar-refractivity contribution in [3.8, 4) is 11.3 Å². The normalized spacial score (nSPS) is 14.5. The Balaban J connectivity index is 1.82. The molecule has 1 amide bonds. The number of pyridine rings is 1. The highest BCUT2D eigenvalue weighted by Crippen LogP contribution is 2.31. The Morgan fingerprint density at radius 2 is 1.97 bits per heavy atom. The predicted molar refractivity (Wildman–Crippen MR) is 109 cm³/mol. The van der Waals surface area contributed by atoms with E-state index in [0.29, 0.717) is 11.0 Å². The van der Waals surface area contributed by atoms with Crippen LogP contribution in [0, 0.1) is 11.6 Å². The van der Waals surface area contributed by atoms with Gasteiger partial charge in [0.25, 0.3) is 5.91 Å². The van der Waals surface area contributed by atoms with Crippen molar-refractivity contribution in [1.82, 2.24) is 20.2 Å². The number of nitrogens with zero attached hydrogens (tertiary/aromatic N) is 4. The van der Waals surface area contributed by atoms with Gasteiger partial charge in [0.1, 0.15) is 17.3 Å².